The second kappa shape index (κ2) is 7.06. The lowest BCUT2D eigenvalue weighted by Crippen LogP contribution is -2.32. The largest absolute Gasteiger partial charge is 0.334 e. The van der Waals surface area contributed by atoms with Crippen LogP contribution in [-0.2, 0) is 24.3 Å². The van der Waals surface area contributed by atoms with Gasteiger partial charge in [0.15, 0.2) is 0 Å². The van der Waals surface area contributed by atoms with Crippen molar-refractivity contribution in [3.63, 3.8) is 0 Å². The first-order valence-electron chi connectivity index (χ1n) is 8.84. The van der Waals surface area contributed by atoms with Crippen molar-refractivity contribution in [1.82, 2.24) is 19.1 Å². The molecule has 8 heteroatoms. The number of aromatic nitrogens is 4. The number of carbonyl (C=O) groups is 1. The van der Waals surface area contributed by atoms with E-state index in [1.54, 1.807) is 6.07 Å². The van der Waals surface area contributed by atoms with Gasteiger partial charge in [0.1, 0.15) is 12.4 Å². The fraction of sp³-hybridized carbons (Fsp3) is 0.263. The van der Waals surface area contributed by atoms with Crippen LogP contribution in [0.15, 0.2) is 52.3 Å². The van der Waals surface area contributed by atoms with Gasteiger partial charge in [-0.3, -0.25) is 19.1 Å². The molecule has 138 valence electrons. The van der Waals surface area contributed by atoms with E-state index in [0.29, 0.717) is 5.69 Å². The highest BCUT2D eigenvalue weighted by molar-refractivity contribution is 5.91. The number of rotatable bonds is 4. The maximum atomic E-state index is 12.2. The lowest BCUT2D eigenvalue weighted by atomic mass is 10.1. The molecule has 0 fully saturated rings. The summed E-state index contributed by atoms with van der Waals surface area (Å²) in [6.07, 6.45) is 6.67. The lowest BCUT2D eigenvalue weighted by Gasteiger charge is -2.11. The number of nitrogens with zero attached hydrogens (tertiary/aromatic N) is 3. The molecule has 0 bridgehead atoms. The Bertz CT molecular complexity index is 1090. The number of benzene rings is 1. The molecule has 1 aromatic carbocycles. The Kier molecular flexibility index (Phi) is 4.45. The third-order valence-electron chi connectivity index (χ3n) is 4.56. The number of imidazole rings is 1. The number of H-pyrrole nitrogens is 1. The summed E-state index contributed by atoms with van der Waals surface area (Å²) >= 11 is 0. The smallest absolute Gasteiger partial charge is 0.328 e. The van der Waals surface area contributed by atoms with E-state index < -0.39 is 11.2 Å². The molecule has 0 saturated heterocycles. The summed E-state index contributed by atoms with van der Waals surface area (Å²) in [6.45, 7) is 0.811. The standard InChI is InChI=1S/C19H19N5O3/c25-17-7-9-24(19(27)22-17)12-18(26)20-14-5-3-4-13(10-14)15-11-23-8-2-1-6-16(23)21-15/h3-5,7,9-11H,1-2,6,8,12H2,(H,20,26)(H,22,25,27). The van der Waals surface area contributed by atoms with Crippen LogP contribution in [0.2, 0.25) is 0 Å². The van der Waals surface area contributed by atoms with Crippen molar-refractivity contribution in [2.24, 2.45) is 0 Å². The van der Waals surface area contributed by atoms with Gasteiger partial charge < -0.3 is 9.88 Å². The molecular formula is C19H19N5O3. The molecule has 0 spiro atoms. The molecule has 2 aromatic heterocycles. The fourth-order valence-electron chi connectivity index (χ4n) is 3.23. The van der Waals surface area contributed by atoms with E-state index in [1.807, 2.05) is 18.2 Å². The van der Waals surface area contributed by atoms with Crippen LogP contribution in [0.3, 0.4) is 0 Å². The zero-order chi connectivity index (χ0) is 18.8. The molecule has 2 N–H and O–H groups in total. The van der Waals surface area contributed by atoms with Crippen LogP contribution in [0.1, 0.15) is 18.7 Å². The molecule has 4 rings (SSSR count). The van der Waals surface area contributed by atoms with E-state index in [2.05, 4.69) is 21.1 Å². The van der Waals surface area contributed by atoms with Crippen LogP contribution < -0.4 is 16.6 Å². The van der Waals surface area contributed by atoms with E-state index in [4.69, 9.17) is 4.98 Å². The molecule has 1 amide bonds. The van der Waals surface area contributed by atoms with Crippen LogP contribution in [-0.4, -0.2) is 25.0 Å². The normalized spacial score (nSPS) is 13.2. The molecule has 0 saturated carbocycles. The van der Waals surface area contributed by atoms with Gasteiger partial charge in [-0.2, -0.15) is 0 Å². The maximum Gasteiger partial charge on any atom is 0.328 e. The van der Waals surface area contributed by atoms with Crippen LogP contribution in [0.5, 0.6) is 0 Å². The molecule has 0 radical (unpaired) electrons. The van der Waals surface area contributed by atoms with Crippen LogP contribution in [0.25, 0.3) is 11.3 Å². The minimum atomic E-state index is -0.616. The molecule has 8 nitrogen and oxygen atoms in total. The number of nitrogens with one attached hydrogen (secondary N) is 2. The molecule has 0 atom stereocenters. The zero-order valence-electron chi connectivity index (χ0n) is 14.6. The van der Waals surface area contributed by atoms with Gasteiger partial charge in [0, 0.05) is 42.7 Å². The van der Waals surface area contributed by atoms with Crippen molar-refractivity contribution in [3.05, 3.63) is 69.4 Å². The molecular weight excluding hydrogens is 346 g/mol. The summed E-state index contributed by atoms with van der Waals surface area (Å²) in [5.74, 6) is 0.744. The average Bonchev–Trinajstić information content (AvgIpc) is 3.08. The van der Waals surface area contributed by atoms with Gasteiger partial charge in [-0.25, -0.2) is 9.78 Å². The molecule has 0 aliphatic carbocycles. The number of hydrogen-bond acceptors (Lipinski definition) is 4. The minimum absolute atomic E-state index is 0.182. The van der Waals surface area contributed by atoms with Crippen molar-refractivity contribution in [2.75, 3.05) is 5.32 Å². The Morgan fingerprint density at radius 2 is 2.11 bits per heavy atom. The van der Waals surface area contributed by atoms with Crippen molar-refractivity contribution in [3.8, 4) is 11.3 Å². The van der Waals surface area contributed by atoms with Gasteiger partial charge in [-0.15, -0.1) is 0 Å². The molecule has 3 aromatic rings. The lowest BCUT2D eigenvalue weighted by molar-refractivity contribution is -0.116. The predicted molar refractivity (Wildman–Crippen MR) is 101 cm³/mol. The number of hydrogen-bond donors (Lipinski definition) is 2. The number of fused-ring (bicyclic) bond motifs is 1. The monoisotopic (exact) mass is 365 g/mol. The van der Waals surface area contributed by atoms with Gasteiger partial charge in [0.05, 0.1) is 5.69 Å². The molecule has 0 unspecified atom stereocenters. The maximum absolute atomic E-state index is 12.2. The summed E-state index contributed by atoms with van der Waals surface area (Å²) in [7, 11) is 0. The van der Waals surface area contributed by atoms with Crippen molar-refractivity contribution in [1.29, 1.82) is 0 Å². The Morgan fingerprint density at radius 1 is 1.22 bits per heavy atom. The first kappa shape index (κ1) is 17.0. The van der Waals surface area contributed by atoms with E-state index >= 15 is 0 Å². The van der Waals surface area contributed by atoms with Crippen molar-refractivity contribution < 1.29 is 4.79 Å². The summed E-state index contributed by atoms with van der Waals surface area (Å²) < 4.78 is 3.33. The number of amides is 1. The third-order valence-corrected chi connectivity index (χ3v) is 4.56. The van der Waals surface area contributed by atoms with E-state index in [0.717, 1.165) is 41.0 Å². The van der Waals surface area contributed by atoms with Crippen LogP contribution >= 0.6 is 0 Å². The Balaban J connectivity index is 1.50. The second-order valence-corrected chi connectivity index (χ2v) is 6.56. The first-order valence-corrected chi connectivity index (χ1v) is 8.84. The second-order valence-electron chi connectivity index (χ2n) is 6.56. The number of aryl methyl sites for hydroxylation is 2. The molecule has 1 aliphatic heterocycles. The zero-order valence-corrected chi connectivity index (χ0v) is 14.6. The Morgan fingerprint density at radius 3 is 2.93 bits per heavy atom. The number of anilines is 1. The van der Waals surface area contributed by atoms with Crippen LogP contribution in [0.4, 0.5) is 5.69 Å². The van der Waals surface area contributed by atoms with E-state index in [9.17, 15) is 14.4 Å². The highest BCUT2D eigenvalue weighted by Gasteiger charge is 2.14. The average molecular weight is 365 g/mol. The van der Waals surface area contributed by atoms with Gasteiger partial charge >= 0.3 is 5.69 Å². The SMILES string of the molecule is O=C(Cn1ccc(=O)[nH]c1=O)Nc1cccc(-c2cn3c(n2)CCCC3)c1. The van der Waals surface area contributed by atoms with Crippen molar-refractivity contribution >= 4 is 11.6 Å². The quantitative estimate of drug-likeness (QED) is 0.729. The van der Waals surface area contributed by atoms with Crippen molar-refractivity contribution in [2.45, 2.75) is 32.4 Å². The predicted octanol–water partition coefficient (Wildman–Crippen LogP) is 1.38. The highest BCUT2D eigenvalue weighted by atomic mass is 16.2. The molecule has 1 aliphatic rings. The summed E-state index contributed by atoms with van der Waals surface area (Å²) in [6, 6.07) is 8.66. The first-order chi connectivity index (χ1) is 13.1. The fourth-order valence-corrected chi connectivity index (χ4v) is 3.23. The van der Waals surface area contributed by atoms with Crippen LogP contribution in [0, 0.1) is 0 Å². The van der Waals surface area contributed by atoms with Gasteiger partial charge in [-0.1, -0.05) is 12.1 Å². The van der Waals surface area contributed by atoms with E-state index in [1.165, 1.54) is 18.7 Å². The Labute approximate surface area is 154 Å². The summed E-state index contributed by atoms with van der Waals surface area (Å²) in [5.41, 5.74) is 1.33. The Hall–Kier alpha value is -3.42. The summed E-state index contributed by atoms with van der Waals surface area (Å²) in [4.78, 5) is 41.8. The van der Waals surface area contributed by atoms with Gasteiger partial charge in [0.2, 0.25) is 5.91 Å². The molecule has 27 heavy (non-hydrogen) atoms. The molecule has 3 heterocycles. The number of carbonyl (C=O) groups excluding carboxylic acids is 1. The number of aromatic amines is 1. The van der Waals surface area contributed by atoms with Gasteiger partial charge in [0.25, 0.3) is 5.56 Å². The topological polar surface area (TPSA) is 102 Å². The highest BCUT2D eigenvalue weighted by Crippen LogP contribution is 2.24. The third kappa shape index (κ3) is 3.74. The minimum Gasteiger partial charge on any atom is -0.334 e. The van der Waals surface area contributed by atoms with Gasteiger partial charge in [-0.05, 0) is 25.0 Å². The summed E-state index contributed by atoms with van der Waals surface area (Å²) in [5, 5.41) is 2.78. The van der Waals surface area contributed by atoms with E-state index in [-0.39, 0.29) is 12.5 Å².